The summed E-state index contributed by atoms with van der Waals surface area (Å²) in [4.78, 5) is 23.6. The number of rotatable bonds is 7. The number of carbonyl (C=O) groups is 1. The number of benzene rings is 2. The second-order valence-electron chi connectivity index (χ2n) is 11.2. The molecular formula is C29H34Cl2N4O4. The van der Waals surface area contributed by atoms with Gasteiger partial charge in [0, 0.05) is 29.2 Å². The number of ether oxygens (including phenoxy) is 3. The lowest BCUT2D eigenvalue weighted by Gasteiger charge is -2.39. The van der Waals surface area contributed by atoms with E-state index in [9.17, 15) is 4.79 Å². The SMILES string of the molecule is COc1cc2c(Nc3ccc(Cl)c(Cl)c3)ncnc2cc1OCCC1CC2CCC(C1)N2C(=O)OC(C)(C)C. The number of anilines is 2. The van der Waals surface area contributed by atoms with Gasteiger partial charge in [-0.1, -0.05) is 23.2 Å². The lowest BCUT2D eigenvalue weighted by atomic mass is 9.88. The lowest BCUT2D eigenvalue weighted by molar-refractivity contribution is 0.000959. The molecule has 3 heterocycles. The van der Waals surface area contributed by atoms with E-state index in [4.69, 9.17) is 37.4 Å². The van der Waals surface area contributed by atoms with Crippen LogP contribution in [-0.2, 0) is 4.74 Å². The first kappa shape index (κ1) is 27.6. The van der Waals surface area contributed by atoms with Crippen molar-refractivity contribution >= 4 is 51.7 Å². The highest BCUT2D eigenvalue weighted by molar-refractivity contribution is 6.42. The van der Waals surface area contributed by atoms with E-state index in [1.807, 2.05) is 43.9 Å². The molecular weight excluding hydrogens is 539 g/mol. The second-order valence-corrected chi connectivity index (χ2v) is 12.1. The minimum Gasteiger partial charge on any atom is -0.493 e. The number of methoxy groups -OCH3 is 1. The van der Waals surface area contributed by atoms with Crippen molar-refractivity contribution < 1.29 is 19.0 Å². The quantitative estimate of drug-likeness (QED) is 0.311. The van der Waals surface area contributed by atoms with Crippen LogP contribution in [0.15, 0.2) is 36.7 Å². The number of fused-ring (bicyclic) bond motifs is 3. The summed E-state index contributed by atoms with van der Waals surface area (Å²) in [5.74, 6) is 2.36. The maximum Gasteiger partial charge on any atom is 0.410 e. The van der Waals surface area contributed by atoms with Gasteiger partial charge in [-0.2, -0.15) is 0 Å². The fraction of sp³-hybridized carbons (Fsp3) is 0.483. The molecule has 5 rings (SSSR count). The van der Waals surface area contributed by atoms with Gasteiger partial charge in [-0.25, -0.2) is 14.8 Å². The highest BCUT2D eigenvalue weighted by atomic mass is 35.5. The molecule has 208 valence electrons. The molecule has 3 aromatic rings. The van der Waals surface area contributed by atoms with Crippen LogP contribution in [0.4, 0.5) is 16.3 Å². The summed E-state index contributed by atoms with van der Waals surface area (Å²) in [5, 5.41) is 5.01. The van der Waals surface area contributed by atoms with Gasteiger partial charge in [0.2, 0.25) is 0 Å². The van der Waals surface area contributed by atoms with E-state index >= 15 is 0 Å². The zero-order valence-electron chi connectivity index (χ0n) is 22.7. The van der Waals surface area contributed by atoms with Crippen LogP contribution in [-0.4, -0.2) is 52.4 Å². The third-order valence-electron chi connectivity index (χ3n) is 7.32. The van der Waals surface area contributed by atoms with Gasteiger partial charge in [0.05, 0.1) is 29.3 Å². The van der Waals surface area contributed by atoms with E-state index < -0.39 is 5.60 Å². The first-order chi connectivity index (χ1) is 18.6. The number of carbonyl (C=O) groups excluding carboxylic acids is 1. The zero-order valence-corrected chi connectivity index (χ0v) is 24.2. The van der Waals surface area contributed by atoms with Crippen LogP contribution in [0.2, 0.25) is 10.0 Å². The molecule has 8 nitrogen and oxygen atoms in total. The van der Waals surface area contributed by atoms with E-state index in [0.717, 1.165) is 48.7 Å². The Balaban J connectivity index is 1.23. The molecule has 0 saturated carbocycles. The van der Waals surface area contributed by atoms with Crippen LogP contribution in [0, 0.1) is 5.92 Å². The van der Waals surface area contributed by atoms with Gasteiger partial charge in [0.15, 0.2) is 11.5 Å². The van der Waals surface area contributed by atoms with Crippen molar-refractivity contribution in [2.75, 3.05) is 19.0 Å². The van der Waals surface area contributed by atoms with E-state index in [-0.39, 0.29) is 18.2 Å². The molecule has 2 atom stereocenters. The standard InChI is InChI=1S/C29H34Cl2N4O4/c1-29(2,3)39-28(36)35-19-6-7-20(35)12-17(11-19)9-10-38-26-15-24-21(14-25(26)37-4)27(33-16-32-24)34-18-5-8-22(30)23(31)13-18/h5,8,13-17,19-20H,6-7,9-12H2,1-4H3,(H,32,33,34). The summed E-state index contributed by atoms with van der Waals surface area (Å²) in [5.41, 5.74) is 1.01. The number of piperidine rings is 1. The van der Waals surface area contributed by atoms with Gasteiger partial charge in [-0.05, 0) is 83.1 Å². The smallest absolute Gasteiger partial charge is 0.410 e. The van der Waals surface area contributed by atoms with Crippen LogP contribution in [0.5, 0.6) is 11.5 Å². The van der Waals surface area contributed by atoms with Gasteiger partial charge < -0.3 is 24.4 Å². The van der Waals surface area contributed by atoms with Crippen molar-refractivity contribution in [3.63, 3.8) is 0 Å². The predicted octanol–water partition coefficient (Wildman–Crippen LogP) is 7.64. The van der Waals surface area contributed by atoms with Gasteiger partial charge in [0.25, 0.3) is 0 Å². The highest BCUT2D eigenvalue weighted by Crippen LogP contribution is 2.41. The van der Waals surface area contributed by atoms with Crippen LogP contribution in [0.3, 0.4) is 0 Å². The van der Waals surface area contributed by atoms with Crippen LogP contribution < -0.4 is 14.8 Å². The largest absolute Gasteiger partial charge is 0.493 e. The highest BCUT2D eigenvalue weighted by Gasteiger charge is 2.44. The van der Waals surface area contributed by atoms with Crippen molar-refractivity contribution in [1.82, 2.24) is 14.9 Å². The summed E-state index contributed by atoms with van der Waals surface area (Å²) >= 11 is 12.2. The predicted molar refractivity (Wildman–Crippen MR) is 154 cm³/mol. The molecule has 1 amide bonds. The molecule has 1 aromatic heterocycles. The fourth-order valence-corrected chi connectivity index (χ4v) is 5.92. The molecule has 2 fully saturated rings. The number of hydrogen-bond donors (Lipinski definition) is 1. The van der Waals surface area contributed by atoms with Crippen molar-refractivity contribution in [2.45, 2.75) is 70.6 Å². The Bertz CT molecular complexity index is 1350. The molecule has 1 N–H and O–H groups in total. The van der Waals surface area contributed by atoms with Crippen LogP contribution >= 0.6 is 23.2 Å². The summed E-state index contributed by atoms with van der Waals surface area (Å²) in [6.45, 7) is 6.29. The number of amides is 1. The normalized spacial score (nSPS) is 20.7. The Morgan fingerprint density at radius 2 is 1.79 bits per heavy atom. The Labute approximate surface area is 238 Å². The van der Waals surface area contributed by atoms with Crippen molar-refractivity contribution in [3.8, 4) is 11.5 Å². The molecule has 0 spiro atoms. The summed E-state index contributed by atoms with van der Waals surface area (Å²) in [6.07, 6.45) is 6.27. The Kier molecular flexibility index (Phi) is 7.96. The number of aromatic nitrogens is 2. The van der Waals surface area contributed by atoms with Crippen LogP contribution in [0.1, 0.15) is 52.9 Å². The molecule has 2 bridgehead atoms. The third kappa shape index (κ3) is 6.28. The first-order valence-electron chi connectivity index (χ1n) is 13.3. The second kappa shape index (κ2) is 11.3. The van der Waals surface area contributed by atoms with Gasteiger partial charge in [-0.3, -0.25) is 0 Å². The number of halogens is 2. The lowest BCUT2D eigenvalue weighted by Crippen LogP contribution is -2.48. The van der Waals surface area contributed by atoms with E-state index in [1.54, 1.807) is 19.2 Å². The third-order valence-corrected chi connectivity index (χ3v) is 8.06. The van der Waals surface area contributed by atoms with Crippen molar-refractivity contribution in [3.05, 3.63) is 46.7 Å². The molecule has 2 aliphatic rings. The molecule has 0 radical (unpaired) electrons. The van der Waals surface area contributed by atoms with Gasteiger partial charge in [0.1, 0.15) is 17.7 Å². The van der Waals surface area contributed by atoms with E-state index in [0.29, 0.717) is 39.9 Å². The van der Waals surface area contributed by atoms with Crippen LogP contribution in [0.25, 0.3) is 10.9 Å². The molecule has 2 aromatic carbocycles. The van der Waals surface area contributed by atoms with E-state index in [1.165, 1.54) is 6.33 Å². The maximum atomic E-state index is 12.8. The van der Waals surface area contributed by atoms with E-state index in [2.05, 4.69) is 15.3 Å². The summed E-state index contributed by atoms with van der Waals surface area (Å²) in [6, 6.07) is 9.57. The molecule has 2 aliphatic heterocycles. The Morgan fingerprint density at radius 3 is 2.46 bits per heavy atom. The monoisotopic (exact) mass is 572 g/mol. The van der Waals surface area contributed by atoms with Gasteiger partial charge in [-0.15, -0.1) is 0 Å². The minimum atomic E-state index is -0.481. The Morgan fingerprint density at radius 1 is 1.05 bits per heavy atom. The molecule has 0 aliphatic carbocycles. The summed E-state index contributed by atoms with van der Waals surface area (Å²) < 4.78 is 17.5. The molecule has 2 unspecified atom stereocenters. The Hall–Kier alpha value is -2.97. The average Bonchev–Trinajstić information content (AvgIpc) is 3.15. The number of hydrogen-bond acceptors (Lipinski definition) is 7. The number of nitrogens with one attached hydrogen (secondary N) is 1. The fourth-order valence-electron chi connectivity index (χ4n) is 5.62. The van der Waals surface area contributed by atoms with Crippen molar-refractivity contribution in [2.24, 2.45) is 5.92 Å². The minimum absolute atomic E-state index is 0.180. The molecule has 39 heavy (non-hydrogen) atoms. The summed E-state index contributed by atoms with van der Waals surface area (Å²) in [7, 11) is 1.62. The average molecular weight is 574 g/mol. The number of nitrogens with zero attached hydrogens (tertiary/aromatic N) is 3. The van der Waals surface area contributed by atoms with Gasteiger partial charge >= 0.3 is 6.09 Å². The molecule has 2 saturated heterocycles. The molecule has 10 heteroatoms. The topological polar surface area (TPSA) is 85.8 Å². The maximum absolute atomic E-state index is 12.8. The van der Waals surface area contributed by atoms with Crippen molar-refractivity contribution in [1.29, 1.82) is 0 Å². The first-order valence-corrected chi connectivity index (χ1v) is 14.1. The zero-order chi connectivity index (χ0) is 27.7.